The van der Waals surface area contributed by atoms with Gasteiger partial charge in [0, 0.05) is 19.3 Å². The van der Waals surface area contributed by atoms with Crippen LogP contribution in [0.25, 0.3) is 0 Å². The molecule has 0 aromatic carbocycles. The molecule has 0 aliphatic heterocycles. The number of rotatable bonds is 56. The van der Waals surface area contributed by atoms with Crippen LogP contribution in [-0.4, -0.2) is 37.2 Å². The molecular formula is C63H116O6. The van der Waals surface area contributed by atoms with Crippen LogP contribution in [0.15, 0.2) is 36.5 Å². The van der Waals surface area contributed by atoms with Crippen LogP contribution in [0.5, 0.6) is 0 Å². The van der Waals surface area contributed by atoms with E-state index >= 15 is 0 Å². The van der Waals surface area contributed by atoms with Crippen LogP contribution >= 0.6 is 0 Å². The Morgan fingerprint density at radius 1 is 0.290 bits per heavy atom. The Morgan fingerprint density at radius 2 is 0.522 bits per heavy atom. The third-order valence-electron chi connectivity index (χ3n) is 13.6. The van der Waals surface area contributed by atoms with Crippen molar-refractivity contribution >= 4 is 17.9 Å². The van der Waals surface area contributed by atoms with Crippen molar-refractivity contribution in [2.24, 2.45) is 0 Å². The lowest BCUT2D eigenvalue weighted by Crippen LogP contribution is -2.30. The van der Waals surface area contributed by atoms with Crippen molar-refractivity contribution in [3.05, 3.63) is 36.5 Å². The molecule has 0 bridgehead atoms. The van der Waals surface area contributed by atoms with E-state index in [1.165, 1.54) is 212 Å². The van der Waals surface area contributed by atoms with Gasteiger partial charge in [0.15, 0.2) is 6.10 Å². The Hall–Kier alpha value is -2.37. The summed E-state index contributed by atoms with van der Waals surface area (Å²) in [6.07, 6.45) is 69.9. The van der Waals surface area contributed by atoms with E-state index in [0.717, 1.165) is 77.0 Å². The number of carbonyl (C=O) groups is 3. The van der Waals surface area contributed by atoms with Crippen molar-refractivity contribution in [1.82, 2.24) is 0 Å². The first-order valence-electron chi connectivity index (χ1n) is 30.5. The lowest BCUT2D eigenvalue weighted by Gasteiger charge is -2.18. The fourth-order valence-corrected chi connectivity index (χ4v) is 9.04. The van der Waals surface area contributed by atoms with Gasteiger partial charge in [-0.25, -0.2) is 0 Å². The second-order valence-corrected chi connectivity index (χ2v) is 20.6. The highest BCUT2D eigenvalue weighted by Crippen LogP contribution is 2.17. The Labute approximate surface area is 429 Å². The molecule has 0 amide bonds. The third-order valence-corrected chi connectivity index (χ3v) is 13.6. The minimum Gasteiger partial charge on any atom is -0.462 e. The van der Waals surface area contributed by atoms with Gasteiger partial charge in [0.25, 0.3) is 0 Å². The largest absolute Gasteiger partial charge is 0.462 e. The maximum absolute atomic E-state index is 12.9. The summed E-state index contributed by atoms with van der Waals surface area (Å²) in [5.74, 6) is -0.863. The summed E-state index contributed by atoms with van der Waals surface area (Å²) in [6.45, 7) is 6.67. The fourth-order valence-electron chi connectivity index (χ4n) is 9.04. The molecule has 0 aromatic heterocycles. The fraction of sp³-hybridized carbons (Fsp3) is 0.857. The van der Waals surface area contributed by atoms with Gasteiger partial charge in [0.05, 0.1) is 0 Å². The van der Waals surface area contributed by atoms with E-state index < -0.39 is 6.10 Å². The van der Waals surface area contributed by atoms with Crippen molar-refractivity contribution in [3.63, 3.8) is 0 Å². The molecule has 0 spiro atoms. The number of ether oxygens (including phenoxy) is 3. The highest BCUT2D eigenvalue weighted by Gasteiger charge is 2.19. The zero-order valence-corrected chi connectivity index (χ0v) is 46.3. The normalized spacial score (nSPS) is 12.2. The van der Waals surface area contributed by atoms with Crippen molar-refractivity contribution < 1.29 is 28.6 Å². The summed E-state index contributed by atoms with van der Waals surface area (Å²) in [7, 11) is 0. The molecule has 69 heavy (non-hydrogen) atoms. The first kappa shape index (κ1) is 66.6. The van der Waals surface area contributed by atoms with Gasteiger partial charge in [0.2, 0.25) is 0 Å². The van der Waals surface area contributed by atoms with Gasteiger partial charge in [-0.05, 0) is 57.8 Å². The number of unbranched alkanes of at least 4 members (excludes halogenated alkanes) is 39. The summed E-state index contributed by atoms with van der Waals surface area (Å²) in [5, 5.41) is 0. The van der Waals surface area contributed by atoms with Crippen molar-refractivity contribution in [1.29, 1.82) is 0 Å². The van der Waals surface area contributed by atoms with E-state index in [-0.39, 0.29) is 31.1 Å². The first-order valence-corrected chi connectivity index (χ1v) is 30.5. The monoisotopic (exact) mass is 969 g/mol. The molecule has 6 nitrogen and oxygen atoms in total. The molecule has 6 heteroatoms. The number of carbonyl (C=O) groups excluding carboxylic acids is 3. The quantitative estimate of drug-likeness (QED) is 0.0261. The molecule has 0 rings (SSSR count). The molecule has 1 atom stereocenters. The predicted molar refractivity (Wildman–Crippen MR) is 298 cm³/mol. The maximum atomic E-state index is 12.9. The molecular weight excluding hydrogens is 853 g/mol. The molecule has 0 heterocycles. The van der Waals surface area contributed by atoms with E-state index in [1.807, 2.05) is 0 Å². The average Bonchev–Trinajstić information content (AvgIpc) is 3.35. The summed E-state index contributed by atoms with van der Waals surface area (Å²) in [5.41, 5.74) is 0. The summed E-state index contributed by atoms with van der Waals surface area (Å²) < 4.78 is 16.9. The van der Waals surface area contributed by atoms with Gasteiger partial charge < -0.3 is 14.2 Å². The SMILES string of the molecule is CCCCCCC/C=C\C/C=C\C/C=C\CCCCCCCCC(=O)OCC(COC(=O)CCCCCCCCCCCCCC)OC(=O)CCCCCCCCCCCCCCCCCCCC. The number of hydrogen-bond acceptors (Lipinski definition) is 6. The number of allylic oxidation sites excluding steroid dienone is 6. The lowest BCUT2D eigenvalue weighted by molar-refractivity contribution is -0.167. The Bertz CT molecular complexity index is 1160. The molecule has 0 radical (unpaired) electrons. The second-order valence-electron chi connectivity index (χ2n) is 20.6. The summed E-state index contributed by atoms with van der Waals surface area (Å²) >= 11 is 0. The van der Waals surface area contributed by atoms with Crippen molar-refractivity contribution in [3.8, 4) is 0 Å². The van der Waals surface area contributed by atoms with Gasteiger partial charge >= 0.3 is 17.9 Å². The van der Waals surface area contributed by atoms with Gasteiger partial charge in [0.1, 0.15) is 13.2 Å². The van der Waals surface area contributed by atoms with E-state index in [1.54, 1.807) is 0 Å². The predicted octanol–water partition coefficient (Wildman–Crippen LogP) is 20.4. The van der Waals surface area contributed by atoms with Crippen LogP contribution in [-0.2, 0) is 28.6 Å². The second kappa shape index (κ2) is 58.2. The van der Waals surface area contributed by atoms with Crippen LogP contribution in [0.4, 0.5) is 0 Å². The zero-order valence-electron chi connectivity index (χ0n) is 46.3. The highest BCUT2D eigenvalue weighted by atomic mass is 16.6. The number of esters is 3. The van der Waals surface area contributed by atoms with E-state index in [2.05, 4.69) is 57.2 Å². The van der Waals surface area contributed by atoms with Crippen LogP contribution < -0.4 is 0 Å². The highest BCUT2D eigenvalue weighted by molar-refractivity contribution is 5.71. The summed E-state index contributed by atoms with van der Waals surface area (Å²) in [6, 6.07) is 0. The van der Waals surface area contributed by atoms with E-state index in [0.29, 0.717) is 19.3 Å². The number of hydrogen-bond donors (Lipinski definition) is 0. The van der Waals surface area contributed by atoms with Crippen molar-refractivity contribution in [2.75, 3.05) is 13.2 Å². The van der Waals surface area contributed by atoms with Crippen molar-refractivity contribution in [2.45, 2.75) is 335 Å². The van der Waals surface area contributed by atoms with Crippen LogP contribution in [0.1, 0.15) is 329 Å². The van der Waals surface area contributed by atoms with Gasteiger partial charge in [-0.1, -0.05) is 288 Å². The van der Waals surface area contributed by atoms with E-state index in [4.69, 9.17) is 14.2 Å². The van der Waals surface area contributed by atoms with Gasteiger partial charge in [-0.2, -0.15) is 0 Å². The molecule has 0 aromatic rings. The molecule has 0 N–H and O–H groups in total. The van der Waals surface area contributed by atoms with Crippen LogP contribution in [0.2, 0.25) is 0 Å². The zero-order chi connectivity index (χ0) is 50.0. The maximum Gasteiger partial charge on any atom is 0.306 e. The third kappa shape index (κ3) is 56.4. The van der Waals surface area contributed by atoms with Crippen LogP contribution in [0.3, 0.4) is 0 Å². The lowest BCUT2D eigenvalue weighted by atomic mass is 10.0. The minimum absolute atomic E-state index is 0.0714. The smallest absolute Gasteiger partial charge is 0.306 e. The Balaban J connectivity index is 4.32. The molecule has 0 fully saturated rings. The van der Waals surface area contributed by atoms with Gasteiger partial charge in [-0.3, -0.25) is 14.4 Å². The Morgan fingerprint density at radius 3 is 0.812 bits per heavy atom. The molecule has 404 valence electrons. The van der Waals surface area contributed by atoms with E-state index in [9.17, 15) is 14.4 Å². The molecule has 0 aliphatic rings. The standard InChI is InChI=1S/C63H116O6/c1-4-7-10-13-16-19-22-25-27-29-31-32-33-35-36-38-41-44-47-50-53-56-62(65)68-59-60(58-67-61(64)55-52-49-46-43-40-24-21-18-15-12-9-6-3)69-63(66)57-54-51-48-45-42-39-37-34-30-28-26-23-20-17-14-11-8-5-2/h22,25,29,31,33,35,60H,4-21,23-24,26-28,30,32,34,36-59H2,1-3H3/b25-22-,31-29-,35-33-. The van der Waals surface area contributed by atoms with Crippen LogP contribution in [0, 0.1) is 0 Å². The molecule has 0 saturated heterocycles. The molecule has 0 saturated carbocycles. The molecule has 0 aliphatic carbocycles. The average molecular weight is 970 g/mol. The topological polar surface area (TPSA) is 78.9 Å². The Kier molecular flexibility index (Phi) is 56.2. The minimum atomic E-state index is -0.773. The van der Waals surface area contributed by atoms with Gasteiger partial charge in [-0.15, -0.1) is 0 Å². The molecule has 1 unspecified atom stereocenters. The first-order chi connectivity index (χ1) is 34.0. The summed E-state index contributed by atoms with van der Waals surface area (Å²) in [4.78, 5) is 38.2.